The Morgan fingerprint density at radius 3 is 1.56 bits per heavy atom. The summed E-state index contributed by atoms with van der Waals surface area (Å²) in [6.45, 7) is 14.2. The molecule has 1 unspecified atom stereocenters. The maximum Gasteiger partial charge on any atom is -1.00 e. The van der Waals surface area contributed by atoms with Crippen LogP contribution in [0.5, 0.6) is 0 Å². The Balaban J connectivity index is -0.000000563. The number of halogens is 3. The molecule has 0 saturated carbocycles. The summed E-state index contributed by atoms with van der Waals surface area (Å²) >= 11 is 2.32. The Hall–Kier alpha value is 1.28. The van der Waals surface area contributed by atoms with E-state index in [0.29, 0.717) is 3.72 Å². The predicted octanol–water partition coefficient (Wildman–Crippen LogP) is -5.12. The summed E-state index contributed by atoms with van der Waals surface area (Å²) in [5.74, 6) is 0. The first-order valence-corrected chi connectivity index (χ1v) is 9.11. The summed E-state index contributed by atoms with van der Waals surface area (Å²) in [5, 5.41) is 1.66. The van der Waals surface area contributed by atoms with Crippen LogP contribution < -0.4 is 37.2 Å². The maximum absolute atomic E-state index is 2.49. The van der Waals surface area contributed by atoms with Crippen molar-refractivity contribution in [1.29, 1.82) is 0 Å². The third-order valence-corrected chi connectivity index (χ3v) is 5.93. The van der Waals surface area contributed by atoms with Gasteiger partial charge in [0.1, 0.15) is 0 Å². The van der Waals surface area contributed by atoms with Crippen LogP contribution in [0.1, 0.15) is 20.8 Å². The first kappa shape index (κ1) is 22.5. The van der Waals surface area contributed by atoms with Crippen molar-refractivity contribution in [1.82, 2.24) is 0 Å². The van der Waals surface area contributed by atoms with Crippen LogP contribution in [-0.2, 0) is 20.4 Å². The van der Waals surface area contributed by atoms with E-state index in [9.17, 15) is 0 Å². The zero-order valence-electron chi connectivity index (χ0n) is 10.7. The van der Waals surface area contributed by atoms with E-state index < -0.39 is 8.07 Å². The molecule has 5 heteroatoms. The largest absolute Gasteiger partial charge is 1.00 e. The van der Waals surface area contributed by atoms with Gasteiger partial charge in [-0.2, -0.15) is 0 Å². The number of hydrogen-bond acceptors (Lipinski definition) is 0. The van der Waals surface area contributed by atoms with Crippen molar-refractivity contribution in [2.24, 2.45) is 0 Å². The molecule has 0 amide bonds. The molecule has 1 atom stereocenters. The molecule has 0 aromatic rings. The van der Waals surface area contributed by atoms with Crippen molar-refractivity contribution in [3.05, 3.63) is 22.4 Å². The zero-order valence-corrected chi connectivity index (χ0v) is 15.5. The number of allylic oxidation sites excluding steroid dienone is 4. The van der Waals surface area contributed by atoms with Crippen LogP contribution >= 0.6 is 0 Å². The van der Waals surface area contributed by atoms with Crippen molar-refractivity contribution >= 4 is 8.07 Å². The van der Waals surface area contributed by atoms with Crippen LogP contribution in [0.4, 0.5) is 0 Å². The van der Waals surface area contributed by atoms with Crippen molar-refractivity contribution in [2.75, 3.05) is 0 Å². The van der Waals surface area contributed by atoms with Crippen LogP contribution in [0.2, 0.25) is 23.4 Å². The molecule has 0 bridgehead atoms. The van der Waals surface area contributed by atoms with E-state index in [2.05, 4.69) is 66.9 Å². The second kappa shape index (κ2) is 7.01. The first-order chi connectivity index (χ1) is 5.66. The molecule has 0 aromatic carbocycles. The molecule has 0 aliphatic heterocycles. The first-order valence-electron chi connectivity index (χ1n) is 4.83. The second-order valence-electron chi connectivity index (χ2n) is 5.26. The molecule has 1 aliphatic carbocycles. The van der Waals surface area contributed by atoms with Crippen molar-refractivity contribution in [2.45, 2.75) is 44.1 Å². The van der Waals surface area contributed by atoms with Gasteiger partial charge in [-0.05, 0) is 0 Å². The molecular formula is C11H19Cl3SiTi. The minimum Gasteiger partial charge on any atom is -1.00 e. The fraction of sp³-hybridized carbons (Fsp3) is 0.636. The van der Waals surface area contributed by atoms with Gasteiger partial charge in [-0.15, -0.1) is 0 Å². The van der Waals surface area contributed by atoms with E-state index in [0.717, 1.165) is 0 Å². The molecule has 0 aromatic heterocycles. The Labute approximate surface area is 131 Å². The molecule has 0 heterocycles. The summed E-state index contributed by atoms with van der Waals surface area (Å²) in [4.78, 5) is 0. The van der Waals surface area contributed by atoms with Gasteiger partial charge in [-0.25, -0.2) is 0 Å². The van der Waals surface area contributed by atoms with Crippen LogP contribution in [0.3, 0.4) is 0 Å². The Morgan fingerprint density at radius 1 is 1.06 bits per heavy atom. The third-order valence-electron chi connectivity index (χ3n) is 2.99. The van der Waals surface area contributed by atoms with Gasteiger partial charge in [0.15, 0.2) is 0 Å². The smallest absolute Gasteiger partial charge is 1.00 e. The Bertz CT molecular complexity index is 301. The van der Waals surface area contributed by atoms with Crippen molar-refractivity contribution in [3.63, 3.8) is 0 Å². The standard InChI is InChI=1S/C11H19Si.3ClH.Ti/c1-8-7-11(12(4,5)6)10(3)9(8)2;;;;/h7H,1-6H3;3*1H;/q;;;;+3/p-3. The molecule has 0 N–H and O–H groups in total. The average Bonchev–Trinajstić information content (AvgIpc) is 2.12. The molecule has 0 nitrogen and oxygen atoms in total. The fourth-order valence-corrected chi connectivity index (χ4v) is 4.65. The molecule has 0 radical (unpaired) electrons. The van der Waals surface area contributed by atoms with E-state index in [4.69, 9.17) is 0 Å². The molecule has 0 saturated heterocycles. The third kappa shape index (κ3) is 4.51. The molecule has 0 fully saturated rings. The molecule has 0 spiro atoms. The van der Waals surface area contributed by atoms with Gasteiger partial charge in [0.2, 0.25) is 0 Å². The van der Waals surface area contributed by atoms with Gasteiger partial charge < -0.3 is 37.2 Å². The summed E-state index contributed by atoms with van der Waals surface area (Å²) < 4.78 is 0.305. The summed E-state index contributed by atoms with van der Waals surface area (Å²) in [6.07, 6.45) is 2.49. The molecule has 16 heavy (non-hydrogen) atoms. The molecule has 1 aliphatic rings. The minimum atomic E-state index is -1.11. The van der Waals surface area contributed by atoms with Crippen molar-refractivity contribution < 1.29 is 57.7 Å². The quantitative estimate of drug-likeness (QED) is 0.421. The van der Waals surface area contributed by atoms with Gasteiger partial charge >= 0.3 is 95.1 Å². The normalized spacial score (nSPS) is 24.1. The van der Waals surface area contributed by atoms with Gasteiger partial charge in [0, 0.05) is 0 Å². The number of hydrogen-bond donors (Lipinski definition) is 0. The van der Waals surface area contributed by atoms with E-state index in [1.807, 2.05) is 0 Å². The van der Waals surface area contributed by atoms with Crippen LogP contribution in [0.15, 0.2) is 22.4 Å². The summed E-state index contributed by atoms with van der Waals surface area (Å²) in [7, 11) is -1.11. The molecule has 92 valence electrons. The van der Waals surface area contributed by atoms with Crippen LogP contribution in [0.25, 0.3) is 0 Å². The molecule has 1 rings (SSSR count). The Kier molecular flexibility index (Phi) is 9.85. The summed E-state index contributed by atoms with van der Waals surface area (Å²) in [5.41, 5.74) is 3.12. The number of rotatable bonds is 1. The van der Waals surface area contributed by atoms with Gasteiger partial charge in [-0.3, -0.25) is 0 Å². The zero-order chi connectivity index (χ0) is 10.4. The minimum absolute atomic E-state index is 0. The van der Waals surface area contributed by atoms with E-state index in [1.165, 1.54) is 0 Å². The SMILES string of the molecule is CC1=C(C)[C](C)([Ti+3])C=C1[Si](C)(C)C.[Cl-].[Cl-].[Cl-]. The van der Waals surface area contributed by atoms with Gasteiger partial charge in [-0.1, -0.05) is 0 Å². The summed E-state index contributed by atoms with van der Waals surface area (Å²) in [6, 6.07) is 0. The molecular weight excluding hydrogens is 314 g/mol. The van der Waals surface area contributed by atoms with Gasteiger partial charge in [0.05, 0.1) is 0 Å². The predicted molar refractivity (Wildman–Crippen MR) is 58.2 cm³/mol. The maximum atomic E-state index is 2.49. The van der Waals surface area contributed by atoms with E-state index in [-0.39, 0.29) is 37.2 Å². The average molecular weight is 334 g/mol. The monoisotopic (exact) mass is 332 g/mol. The van der Waals surface area contributed by atoms with Gasteiger partial charge in [0.25, 0.3) is 0 Å². The second-order valence-corrected chi connectivity index (χ2v) is 11.9. The topological polar surface area (TPSA) is 0 Å². The fourth-order valence-electron chi connectivity index (χ4n) is 1.88. The van der Waals surface area contributed by atoms with E-state index in [1.54, 1.807) is 16.3 Å². The van der Waals surface area contributed by atoms with Crippen LogP contribution in [0, 0.1) is 0 Å². The van der Waals surface area contributed by atoms with E-state index >= 15 is 0 Å². The van der Waals surface area contributed by atoms with Crippen molar-refractivity contribution in [3.8, 4) is 0 Å². The Morgan fingerprint density at radius 2 is 1.44 bits per heavy atom. The van der Waals surface area contributed by atoms with Crippen LogP contribution in [-0.4, -0.2) is 8.07 Å².